The summed E-state index contributed by atoms with van der Waals surface area (Å²) in [6.07, 6.45) is 7.33. The van der Waals surface area contributed by atoms with Crippen LogP contribution in [0.25, 0.3) is 16.5 Å². The molecular weight excluding hydrogens is 322 g/mol. The molecule has 2 aromatic rings. The summed E-state index contributed by atoms with van der Waals surface area (Å²) in [7, 11) is 0. The van der Waals surface area contributed by atoms with Crippen LogP contribution >= 0.6 is 0 Å². The van der Waals surface area contributed by atoms with Gasteiger partial charge in [0, 0.05) is 49.3 Å². The molecule has 2 heterocycles. The first-order chi connectivity index (χ1) is 12.7. The summed E-state index contributed by atoms with van der Waals surface area (Å²) in [4.78, 5) is 20.8. The second kappa shape index (κ2) is 6.76. The highest BCUT2D eigenvalue weighted by molar-refractivity contribution is 5.99. The highest BCUT2D eigenvalue weighted by atomic mass is 16.2. The van der Waals surface area contributed by atoms with E-state index in [1.807, 2.05) is 11.0 Å². The van der Waals surface area contributed by atoms with Gasteiger partial charge in [-0.05, 0) is 43.0 Å². The van der Waals surface area contributed by atoms with Crippen LogP contribution in [-0.2, 0) is 11.2 Å². The van der Waals surface area contributed by atoms with Gasteiger partial charge in [-0.25, -0.2) is 0 Å². The number of amides is 1. The third kappa shape index (κ3) is 2.60. The van der Waals surface area contributed by atoms with Gasteiger partial charge in [0.25, 0.3) is 0 Å². The summed E-state index contributed by atoms with van der Waals surface area (Å²) in [6.45, 7) is 11.1. The quantitative estimate of drug-likeness (QED) is 0.840. The molecule has 2 aliphatic rings. The number of aromatic nitrogens is 1. The van der Waals surface area contributed by atoms with Gasteiger partial charge in [-0.3, -0.25) is 9.69 Å². The molecule has 1 aliphatic carbocycles. The van der Waals surface area contributed by atoms with E-state index in [9.17, 15) is 4.79 Å². The number of fused-ring (bicyclic) bond motifs is 2. The lowest BCUT2D eigenvalue weighted by Gasteiger charge is -2.42. The second-order valence-electron chi connectivity index (χ2n) is 7.24. The van der Waals surface area contributed by atoms with E-state index in [-0.39, 0.29) is 11.8 Å². The maximum atomic E-state index is 13.0. The smallest absolute Gasteiger partial charge is 0.230 e. The van der Waals surface area contributed by atoms with Crippen LogP contribution in [0.1, 0.15) is 25.0 Å². The van der Waals surface area contributed by atoms with Crippen molar-refractivity contribution < 1.29 is 4.79 Å². The normalized spacial score (nSPS) is 22.0. The largest absolute Gasteiger partial charge is 0.361 e. The van der Waals surface area contributed by atoms with Gasteiger partial charge < -0.3 is 9.88 Å². The SMILES string of the molecule is C=CCN1CC(C(=O)N(CC)CC)C=C2c3cccc4[nH]cc(c34)C[C@H]21. The summed E-state index contributed by atoms with van der Waals surface area (Å²) in [5.41, 5.74) is 5.15. The third-order valence-electron chi connectivity index (χ3n) is 5.88. The Balaban J connectivity index is 1.81. The number of hydrogen-bond acceptors (Lipinski definition) is 2. The van der Waals surface area contributed by atoms with Crippen LogP contribution in [0, 0.1) is 5.92 Å². The molecule has 2 atom stereocenters. The van der Waals surface area contributed by atoms with Crippen molar-refractivity contribution in [2.45, 2.75) is 26.3 Å². The van der Waals surface area contributed by atoms with Gasteiger partial charge in [0.05, 0.1) is 5.92 Å². The van der Waals surface area contributed by atoms with Crippen LogP contribution in [-0.4, -0.2) is 52.9 Å². The van der Waals surface area contributed by atoms with Gasteiger partial charge in [-0.15, -0.1) is 6.58 Å². The van der Waals surface area contributed by atoms with Crippen molar-refractivity contribution >= 4 is 22.4 Å². The Bertz CT molecular complexity index is 875. The number of hydrogen-bond donors (Lipinski definition) is 1. The number of H-pyrrole nitrogens is 1. The molecule has 4 heteroatoms. The highest BCUT2D eigenvalue weighted by Crippen LogP contribution is 2.41. The fourth-order valence-electron chi connectivity index (χ4n) is 4.62. The van der Waals surface area contributed by atoms with Crippen molar-refractivity contribution in [1.82, 2.24) is 14.8 Å². The van der Waals surface area contributed by atoms with E-state index in [1.165, 1.54) is 27.6 Å². The lowest BCUT2D eigenvalue weighted by Crippen LogP contribution is -2.49. The molecule has 1 N–H and O–H groups in total. The minimum Gasteiger partial charge on any atom is -0.361 e. The first-order valence-electron chi connectivity index (χ1n) is 9.62. The number of nitrogens with zero attached hydrogens (tertiary/aromatic N) is 2. The molecule has 0 radical (unpaired) electrons. The summed E-state index contributed by atoms with van der Waals surface area (Å²) in [6, 6.07) is 6.76. The average molecular weight is 349 g/mol. The van der Waals surface area contributed by atoms with Crippen molar-refractivity contribution in [2.75, 3.05) is 26.2 Å². The van der Waals surface area contributed by atoms with Crippen molar-refractivity contribution in [2.24, 2.45) is 5.92 Å². The second-order valence-corrected chi connectivity index (χ2v) is 7.24. The van der Waals surface area contributed by atoms with Gasteiger partial charge in [0.1, 0.15) is 0 Å². The maximum absolute atomic E-state index is 13.0. The molecule has 4 nitrogen and oxygen atoms in total. The van der Waals surface area contributed by atoms with Crippen LogP contribution in [0.3, 0.4) is 0 Å². The maximum Gasteiger partial charge on any atom is 0.230 e. The zero-order valence-electron chi connectivity index (χ0n) is 15.7. The van der Waals surface area contributed by atoms with Crippen LogP contribution in [0.5, 0.6) is 0 Å². The Labute approximate surface area is 155 Å². The average Bonchev–Trinajstić information content (AvgIpc) is 3.08. The van der Waals surface area contributed by atoms with Crippen LogP contribution < -0.4 is 0 Å². The van der Waals surface area contributed by atoms with E-state index in [0.717, 1.165) is 32.6 Å². The number of rotatable bonds is 5. The lowest BCUT2D eigenvalue weighted by molar-refractivity contribution is -0.134. The minimum absolute atomic E-state index is 0.0863. The molecule has 26 heavy (non-hydrogen) atoms. The van der Waals surface area contributed by atoms with Crippen LogP contribution in [0.4, 0.5) is 0 Å². The van der Waals surface area contributed by atoms with Crippen LogP contribution in [0.15, 0.2) is 43.1 Å². The zero-order valence-corrected chi connectivity index (χ0v) is 15.7. The Morgan fingerprint density at radius 3 is 2.92 bits per heavy atom. The van der Waals surface area contributed by atoms with E-state index >= 15 is 0 Å². The predicted molar refractivity (Wildman–Crippen MR) is 107 cm³/mol. The topological polar surface area (TPSA) is 39.3 Å². The fraction of sp³-hybridized carbons (Fsp3) is 0.409. The molecule has 1 unspecified atom stereocenters. The van der Waals surface area contributed by atoms with Gasteiger partial charge in [0.15, 0.2) is 0 Å². The Morgan fingerprint density at radius 2 is 2.19 bits per heavy atom. The first kappa shape index (κ1) is 17.1. The summed E-state index contributed by atoms with van der Waals surface area (Å²) >= 11 is 0. The molecule has 0 bridgehead atoms. The van der Waals surface area contributed by atoms with Crippen molar-refractivity contribution in [3.63, 3.8) is 0 Å². The standard InChI is InChI=1S/C22H27N3O/c1-4-10-25-14-16(22(26)24(5-2)6-3)11-18-17-8-7-9-19-21(17)15(13-23-19)12-20(18)25/h4,7-9,11,13,16,20,23H,1,5-6,10,12,14H2,2-3H3/t16?,20-/m1/s1. The number of benzene rings is 1. The lowest BCUT2D eigenvalue weighted by atomic mass is 9.79. The molecule has 1 aromatic heterocycles. The van der Waals surface area contributed by atoms with Crippen molar-refractivity contribution in [1.29, 1.82) is 0 Å². The first-order valence-corrected chi connectivity index (χ1v) is 9.62. The van der Waals surface area contributed by atoms with Gasteiger partial charge >= 0.3 is 0 Å². The van der Waals surface area contributed by atoms with Crippen molar-refractivity contribution in [3.8, 4) is 0 Å². The highest BCUT2D eigenvalue weighted by Gasteiger charge is 2.37. The Hall–Kier alpha value is -2.33. The van der Waals surface area contributed by atoms with Gasteiger partial charge in [0.2, 0.25) is 5.91 Å². The predicted octanol–water partition coefficient (Wildman–Crippen LogP) is 3.46. The summed E-state index contributed by atoms with van der Waals surface area (Å²) in [5, 5.41) is 1.32. The summed E-state index contributed by atoms with van der Waals surface area (Å²) < 4.78 is 0. The third-order valence-corrected chi connectivity index (χ3v) is 5.88. The van der Waals surface area contributed by atoms with Gasteiger partial charge in [-0.2, -0.15) is 0 Å². The van der Waals surface area contributed by atoms with E-state index in [2.05, 4.69) is 60.8 Å². The van der Waals surface area contributed by atoms with Crippen molar-refractivity contribution in [3.05, 3.63) is 54.3 Å². The molecule has 1 aromatic carbocycles. The van der Waals surface area contributed by atoms with Crippen LogP contribution in [0.2, 0.25) is 0 Å². The molecule has 0 spiro atoms. The van der Waals surface area contributed by atoms with E-state index in [4.69, 9.17) is 0 Å². The Morgan fingerprint density at radius 1 is 1.38 bits per heavy atom. The van der Waals surface area contributed by atoms with E-state index < -0.39 is 0 Å². The zero-order chi connectivity index (χ0) is 18.3. The monoisotopic (exact) mass is 349 g/mol. The fourth-order valence-corrected chi connectivity index (χ4v) is 4.62. The molecule has 0 saturated carbocycles. The number of aromatic amines is 1. The van der Waals surface area contributed by atoms with E-state index in [1.54, 1.807) is 0 Å². The Kier molecular flexibility index (Phi) is 4.45. The molecule has 136 valence electrons. The molecule has 0 saturated heterocycles. The van der Waals surface area contributed by atoms with Gasteiger partial charge in [-0.1, -0.05) is 24.3 Å². The number of carbonyl (C=O) groups excluding carboxylic acids is 1. The molecular formula is C22H27N3O. The van der Waals surface area contributed by atoms with E-state index in [0.29, 0.717) is 6.04 Å². The number of nitrogens with one attached hydrogen (secondary N) is 1. The number of carbonyl (C=O) groups is 1. The minimum atomic E-state index is -0.0863. The molecule has 1 aliphatic heterocycles. The summed E-state index contributed by atoms with van der Waals surface area (Å²) in [5.74, 6) is 0.152. The molecule has 1 amide bonds. The molecule has 0 fully saturated rings. The molecule has 4 rings (SSSR count).